The number of nitrogens with zero attached hydrogens (tertiary/aromatic N) is 1. The molecule has 2 aromatic rings. The number of carbonyl (C=O) groups is 1. The van der Waals surface area contributed by atoms with Gasteiger partial charge in [-0.05, 0) is 36.8 Å². The maximum Gasteiger partial charge on any atom is 0.230 e. The highest BCUT2D eigenvalue weighted by Gasteiger charge is 2.03. The minimum atomic E-state index is 0.0188. The normalized spacial score (nSPS) is 10.4. The Bertz CT molecular complexity index is 619. The number of aryl methyl sites for hydroxylation is 1. The van der Waals surface area contributed by atoms with Crippen LogP contribution in [0.4, 0.5) is 0 Å². The van der Waals surface area contributed by atoms with Crippen LogP contribution in [-0.2, 0) is 17.1 Å². The molecule has 0 bridgehead atoms. The zero-order valence-corrected chi connectivity index (χ0v) is 13.4. The molecule has 21 heavy (non-hydrogen) atoms. The molecular weight excluding hydrogens is 304 g/mol. The third-order valence-electron chi connectivity index (χ3n) is 2.80. The zero-order chi connectivity index (χ0) is 15.1. The predicted octanol–water partition coefficient (Wildman–Crippen LogP) is 3.59. The second kappa shape index (κ2) is 8.05. The van der Waals surface area contributed by atoms with Crippen LogP contribution in [-0.4, -0.2) is 16.6 Å². The lowest BCUT2D eigenvalue weighted by atomic mass is 10.2. The highest BCUT2D eigenvalue weighted by Crippen LogP contribution is 2.16. The average molecular weight is 321 g/mol. The lowest BCUT2D eigenvalue weighted by molar-refractivity contribution is -0.118. The fraction of sp³-hybridized carbons (Fsp3) is 0.250. The van der Waals surface area contributed by atoms with E-state index in [2.05, 4.69) is 10.3 Å². The van der Waals surface area contributed by atoms with E-state index in [9.17, 15) is 4.79 Å². The van der Waals surface area contributed by atoms with Gasteiger partial charge < -0.3 is 5.32 Å². The summed E-state index contributed by atoms with van der Waals surface area (Å²) < 4.78 is 0. The highest BCUT2D eigenvalue weighted by molar-refractivity contribution is 7.99. The zero-order valence-electron chi connectivity index (χ0n) is 11.8. The maximum absolute atomic E-state index is 11.8. The van der Waals surface area contributed by atoms with Crippen molar-refractivity contribution >= 4 is 29.3 Å². The lowest BCUT2D eigenvalue weighted by Gasteiger charge is -2.06. The summed E-state index contributed by atoms with van der Waals surface area (Å²) in [5, 5.41) is 3.60. The number of pyridine rings is 1. The molecule has 2 rings (SSSR count). The summed E-state index contributed by atoms with van der Waals surface area (Å²) in [5.74, 6) is 1.22. The Kier molecular flexibility index (Phi) is 6.08. The average Bonchev–Trinajstić information content (AvgIpc) is 2.45. The summed E-state index contributed by atoms with van der Waals surface area (Å²) in [7, 11) is 0. The van der Waals surface area contributed by atoms with Crippen molar-refractivity contribution in [1.29, 1.82) is 0 Å². The number of aromatic nitrogens is 1. The van der Waals surface area contributed by atoms with Crippen LogP contribution in [0, 0.1) is 6.92 Å². The van der Waals surface area contributed by atoms with Gasteiger partial charge in [0.15, 0.2) is 0 Å². The first-order valence-corrected chi connectivity index (χ1v) is 8.18. The monoisotopic (exact) mass is 320 g/mol. The lowest BCUT2D eigenvalue weighted by Crippen LogP contribution is -2.25. The van der Waals surface area contributed by atoms with Crippen molar-refractivity contribution in [2.75, 3.05) is 5.75 Å². The topological polar surface area (TPSA) is 42.0 Å². The van der Waals surface area contributed by atoms with E-state index in [1.54, 1.807) is 11.8 Å². The van der Waals surface area contributed by atoms with Crippen molar-refractivity contribution in [1.82, 2.24) is 10.3 Å². The van der Waals surface area contributed by atoms with Crippen LogP contribution in [0.25, 0.3) is 0 Å². The summed E-state index contributed by atoms with van der Waals surface area (Å²) in [6.45, 7) is 2.41. The van der Waals surface area contributed by atoms with Gasteiger partial charge in [0.2, 0.25) is 5.91 Å². The molecule has 0 atom stereocenters. The van der Waals surface area contributed by atoms with E-state index in [1.807, 2.05) is 49.4 Å². The van der Waals surface area contributed by atoms with E-state index in [1.165, 1.54) is 0 Å². The molecule has 0 fully saturated rings. The minimum Gasteiger partial charge on any atom is -0.350 e. The Morgan fingerprint density at radius 2 is 2.10 bits per heavy atom. The molecule has 1 amide bonds. The van der Waals surface area contributed by atoms with E-state index in [0.29, 0.717) is 12.3 Å². The predicted molar refractivity (Wildman–Crippen MR) is 88.4 cm³/mol. The molecule has 1 heterocycles. The number of carbonyl (C=O) groups excluding carboxylic acids is 1. The molecule has 0 saturated carbocycles. The number of nitrogens with one attached hydrogen (secondary N) is 1. The van der Waals surface area contributed by atoms with E-state index in [4.69, 9.17) is 11.6 Å². The Morgan fingerprint density at radius 1 is 1.29 bits per heavy atom. The number of benzene rings is 1. The van der Waals surface area contributed by atoms with E-state index in [0.717, 1.165) is 27.7 Å². The second-order valence-electron chi connectivity index (χ2n) is 4.67. The molecule has 0 spiro atoms. The van der Waals surface area contributed by atoms with Crippen LogP contribution < -0.4 is 5.32 Å². The van der Waals surface area contributed by atoms with Crippen molar-refractivity contribution in [2.45, 2.75) is 19.2 Å². The van der Waals surface area contributed by atoms with Crippen LogP contribution in [0.5, 0.6) is 0 Å². The number of amides is 1. The van der Waals surface area contributed by atoms with Crippen LogP contribution in [0.2, 0.25) is 5.02 Å². The summed E-state index contributed by atoms with van der Waals surface area (Å²) in [6, 6.07) is 13.5. The first-order valence-electron chi connectivity index (χ1n) is 6.65. The van der Waals surface area contributed by atoms with Crippen LogP contribution >= 0.6 is 23.4 Å². The number of rotatable bonds is 6. The van der Waals surface area contributed by atoms with Gasteiger partial charge in [0.25, 0.3) is 0 Å². The van der Waals surface area contributed by atoms with Crippen molar-refractivity contribution in [3.05, 3.63) is 64.4 Å². The molecule has 3 nitrogen and oxygen atoms in total. The van der Waals surface area contributed by atoms with Crippen molar-refractivity contribution in [3.63, 3.8) is 0 Å². The van der Waals surface area contributed by atoms with Crippen molar-refractivity contribution in [3.8, 4) is 0 Å². The molecule has 0 aliphatic carbocycles. The third-order valence-corrected chi connectivity index (χ3v) is 4.04. The van der Waals surface area contributed by atoms with Gasteiger partial charge in [-0.1, -0.05) is 29.8 Å². The van der Waals surface area contributed by atoms with Gasteiger partial charge in [0, 0.05) is 16.5 Å². The Morgan fingerprint density at radius 3 is 2.86 bits per heavy atom. The molecule has 0 aliphatic heterocycles. The third kappa shape index (κ3) is 5.78. The maximum atomic E-state index is 11.8. The molecule has 1 N–H and O–H groups in total. The van der Waals surface area contributed by atoms with Crippen molar-refractivity contribution in [2.24, 2.45) is 0 Å². The summed E-state index contributed by atoms with van der Waals surface area (Å²) in [6.07, 6.45) is 0. The number of thioether (sulfide) groups is 1. The summed E-state index contributed by atoms with van der Waals surface area (Å²) >= 11 is 7.49. The SMILES string of the molecule is Cc1cccc(CNC(=O)CSCc2cccc(Cl)c2)n1. The van der Waals surface area contributed by atoms with E-state index in [-0.39, 0.29) is 5.91 Å². The molecule has 0 saturated heterocycles. The van der Waals surface area contributed by atoms with Gasteiger partial charge in [0.05, 0.1) is 18.0 Å². The standard InChI is InChI=1S/C16H17ClN2OS/c1-12-4-2-7-15(19-12)9-18-16(20)11-21-10-13-5-3-6-14(17)8-13/h2-8H,9-11H2,1H3,(H,18,20). The van der Waals surface area contributed by atoms with Gasteiger partial charge in [-0.25, -0.2) is 0 Å². The summed E-state index contributed by atoms with van der Waals surface area (Å²) in [5.41, 5.74) is 2.96. The Balaban J connectivity index is 1.70. The number of hydrogen-bond acceptors (Lipinski definition) is 3. The number of hydrogen-bond donors (Lipinski definition) is 1. The molecule has 110 valence electrons. The smallest absolute Gasteiger partial charge is 0.230 e. The van der Waals surface area contributed by atoms with Crippen LogP contribution in [0.3, 0.4) is 0 Å². The Labute approximate surface area is 134 Å². The molecule has 1 aromatic carbocycles. The Hall–Kier alpha value is -1.52. The van der Waals surface area contributed by atoms with Crippen LogP contribution in [0.1, 0.15) is 17.0 Å². The van der Waals surface area contributed by atoms with Crippen LogP contribution in [0.15, 0.2) is 42.5 Å². The second-order valence-corrected chi connectivity index (χ2v) is 6.09. The van der Waals surface area contributed by atoms with Crippen molar-refractivity contribution < 1.29 is 4.79 Å². The number of halogens is 1. The fourth-order valence-corrected chi connectivity index (χ4v) is 2.84. The van der Waals surface area contributed by atoms with Gasteiger partial charge in [0.1, 0.15) is 0 Å². The molecule has 0 aliphatic rings. The molecule has 0 radical (unpaired) electrons. The van der Waals surface area contributed by atoms with Gasteiger partial charge in [-0.15, -0.1) is 11.8 Å². The first-order chi connectivity index (χ1) is 10.1. The molecule has 1 aromatic heterocycles. The fourth-order valence-electron chi connectivity index (χ4n) is 1.83. The largest absolute Gasteiger partial charge is 0.350 e. The summed E-state index contributed by atoms with van der Waals surface area (Å²) in [4.78, 5) is 16.1. The van der Waals surface area contributed by atoms with E-state index < -0.39 is 0 Å². The first kappa shape index (κ1) is 15.9. The van der Waals surface area contributed by atoms with Gasteiger partial charge in [-0.3, -0.25) is 9.78 Å². The molecular formula is C16H17ClN2OS. The highest BCUT2D eigenvalue weighted by atomic mass is 35.5. The minimum absolute atomic E-state index is 0.0188. The molecule has 0 unspecified atom stereocenters. The van der Waals surface area contributed by atoms with E-state index >= 15 is 0 Å². The molecule has 5 heteroatoms. The quantitative estimate of drug-likeness (QED) is 0.884. The van der Waals surface area contributed by atoms with Gasteiger partial charge in [-0.2, -0.15) is 0 Å². The van der Waals surface area contributed by atoms with Gasteiger partial charge >= 0.3 is 0 Å².